The number of aliphatic imine (C=N–C) groups is 1. The Morgan fingerprint density at radius 2 is 2.04 bits per heavy atom. The van der Waals surface area contributed by atoms with Gasteiger partial charge >= 0.3 is 5.97 Å². The van der Waals surface area contributed by atoms with Crippen molar-refractivity contribution in [1.29, 1.82) is 0 Å². The second-order valence-corrected chi connectivity index (χ2v) is 14.8. The third kappa shape index (κ3) is 5.95. The van der Waals surface area contributed by atoms with E-state index in [1.165, 1.54) is 12.3 Å². The number of aliphatic carboxylic acids is 1. The number of aromatic nitrogens is 1. The highest BCUT2D eigenvalue weighted by molar-refractivity contribution is 7.88. The first-order chi connectivity index (χ1) is 22.6. The number of amidine groups is 1. The topological polar surface area (TPSA) is 250 Å². The van der Waals surface area contributed by atoms with Crippen LogP contribution in [0.25, 0.3) is 0 Å². The number of nitrogens with one attached hydrogen (secondary N) is 1. The Kier molecular flexibility index (Phi) is 8.60. The van der Waals surface area contributed by atoms with Gasteiger partial charge in [-0.15, -0.1) is 11.3 Å². The minimum absolute atomic E-state index is 0.00546. The fourth-order valence-corrected chi connectivity index (χ4v) is 7.99. The molecule has 5 aliphatic rings. The molecule has 0 radical (unpaired) electrons. The van der Waals surface area contributed by atoms with Gasteiger partial charge in [-0.05, 0) is 89.5 Å². The van der Waals surface area contributed by atoms with Crippen LogP contribution < -0.4 is 27.3 Å². The summed E-state index contributed by atoms with van der Waals surface area (Å²) in [5.74, 6) is -1.97. The van der Waals surface area contributed by atoms with E-state index in [0.29, 0.717) is 18.0 Å². The van der Waals surface area contributed by atoms with Crippen molar-refractivity contribution >= 4 is 58.1 Å². The van der Waals surface area contributed by atoms with E-state index in [1.54, 1.807) is 26.0 Å². The third-order valence-electron chi connectivity index (χ3n) is 9.74. The lowest BCUT2D eigenvalue weighted by Gasteiger charge is -2.56. The van der Waals surface area contributed by atoms with Crippen LogP contribution in [0.15, 0.2) is 33.7 Å². The van der Waals surface area contributed by atoms with Gasteiger partial charge in [0.1, 0.15) is 23.3 Å². The van der Waals surface area contributed by atoms with Crippen molar-refractivity contribution in [1.82, 2.24) is 15.4 Å². The zero-order valence-corrected chi connectivity index (χ0v) is 28.2. The smallest absolute Gasteiger partial charge is 0.354 e. The molecule has 3 unspecified atom stereocenters. The first-order valence-electron chi connectivity index (χ1n) is 15.4. The maximum absolute atomic E-state index is 13.5. The molecule has 3 heterocycles. The van der Waals surface area contributed by atoms with Crippen LogP contribution in [0.3, 0.4) is 0 Å². The van der Waals surface area contributed by atoms with Gasteiger partial charge in [0, 0.05) is 16.5 Å². The van der Waals surface area contributed by atoms with Gasteiger partial charge < -0.3 is 41.8 Å². The highest BCUT2D eigenvalue weighted by Crippen LogP contribution is 2.53. The summed E-state index contributed by atoms with van der Waals surface area (Å²) in [5, 5.41) is 19.3. The molecular formula is C30H38N8O8S2. The van der Waals surface area contributed by atoms with Crippen LogP contribution in [-0.2, 0) is 29.9 Å². The zero-order chi connectivity index (χ0) is 34.6. The molecule has 18 heteroatoms. The number of oxime groups is 1. The highest BCUT2D eigenvalue weighted by Gasteiger charge is 2.58. The van der Waals surface area contributed by atoms with Crippen LogP contribution in [0.5, 0.6) is 5.75 Å². The number of carbonyl (C=O) groups is 3. The van der Waals surface area contributed by atoms with E-state index >= 15 is 0 Å². The van der Waals surface area contributed by atoms with E-state index in [2.05, 4.69) is 15.5 Å². The second-order valence-electron chi connectivity index (χ2n) is 13.6. The van der Waals surface area contributed by atoms with Crippen molar-refractivity contribution in [3.8, 4) is 5.75 Å². The Balaban J connectivity index is 1.20. The highest BCUT2D eigenvalue weighted by atomic mass is 32.2. The minimum atomic E-state index is -2.04. The van der Waals surface area contributed by atoms with Crippen LogP contribution in [0, 0.1) is 0 Å². The van der Waals surface area contributed by atoms with Crippen molar-refractivity contribution in [2.75, 3.05) is 5.73 Å². The van der Waals surface area contributed by atoms with Crippen LogP contribution >= 0.6 is 23.7 Å². The van der Waals surface area contributed by atoms with E-state index < -0.39 is 46.8 Å². The molecule has 1 aromatic carbocycles. The van der Waals surface area contributed by atoms with Crippen molar-refractivity contribution in [3.63, 3.8) is 0 Å². The summed E-state index contributed by atoms with van der Waals surface area (Å²) in [4.78, 5) is 53.4. The average Bonchev–Trinajstić information content (AvgIpc) is 3.46. The van der Waals surface area contributed by atoms with Crippen LogP contribution in [-0.4, -0.2) is 83.4 Å². The molecule has 258 valence electrons. The number of fused-ring (bicyclic) bond motifs is 3. The molecule has 1 aromatic heterocycles. The molecule has 9 N–H and O–H groups in total. The predicted molar refractivity (Wildman–Crippen MR) is 177 cm³/mol. The number of β-lactam (4-membered cyclic amide) rings is 1. The number of nitrogen functional groups attached to an aromatic ring is 1. The molecule has 3 aliphatic carbocycles. The number of hydrogen-bond donors (Lipinski definition) is 6. The van der Waals surface area contributed by atoms with Gasteiger partial charge in [-0.2, -0.15) is 9.35 Å². The van der Waals surface area contributed by atoms with E-state index in [0.717, 1.165) is 59.6 Å². The Morgan fingerprint density at radius 3 is 2.67 bits per heavy atom. The molecule has 4 fully saturated rings. The van der Waals surface area contributed by atoms with Crippen molar-refractivity contribution in [2.45, 2.75) is 100 Å². The Bertz CT molecular complexity index is 1710. The number of thiazole rings is 1. The molecule has 16 nitrogen and oxygen atoms in total. The van der Waals surface area contributed by atoms with Crippen molar-refractivity contribution in [3.05, 3.63) is 40.4 Å². The van der Waals surface area contributed by atoms with E-state index in [9.17, 15) is 19.5 Å². The molecule has 0 spiro atoms. The van der Waals surface area contributed by atoms with Gasteiger partial charge in [-0.1, -0.05) is 5.16 Å². The van der Waals surface area contributed by atoms with Gasteiger partial charge in [0.25, 0.3) is 17.4 Å². The largest absolute Gasteiger partial charge is 0.485 e. The van der Waals surface area contributed by atoms with Crippen molar-refractivity contribution in [2.24, 2.45) is 21.6 Å². The van der Waals surface area contributed by atoms with Gasteiger partial charge in [0.05, 0.1) is 11.1 Å². The van der Waals surface area contributed by atoms with Crippen LogP contribution in [0.1, 0.15) is 76.1 Å². The van der Waals surface area contributed by atoms with Gasteiger partial charge in [0.15, 0.2) is 29.3 Å². The first-order valence-corrected chi connectivity index (χ1v) is 17.0. The molecule has 48 heavy (non-hydrogen) atoms. The number of carboxylic acid groups (broad SMARTS) is 1. The summed E-state index contributed by atoms with van der Waals surface area (Å²) in [6, 6.07) is 4.36. The number of hydroxylamine groups is 2. The maximum atomic E-state index is 13.5. The number of aryl methyl sites for hydroxylation is 1. The average molecular weight is 703 g/mol. The summed E-state index contributed by atoms with van der Waals surface area (Å²) in [6.07, 6.45) is 4.37. The number of carbonyl (C=O) groups excluding carboxylic acids is 2. The first kappa shape index (κ1) is 33.9. The number of benzene rings is 1. The molecule has 3 atom stereocenters. The van der Waals surface area contributed by atoms with Crippen LogP contribution in [0.2, 0.25) is 0 Å². The molecule has 1 saturated heterocycles. The maximum Gasteiger partial charge on any atom is 0.354 e. The van der Waals surface area contributed by atoms with Gasteiger partial charge in [0.2, 0.25) is 0 Å². The number of nitrogens with zero attached hydrogens (tertiary/aromatic N) is 4. The summed E-state index contributed by atoms with van der Waals surface area (Å²) in [5.41, 5.74) is 16.4. The quantitative estimate of drug-likeness (QED) is 0.0645. The molecule has 2 aliphatic heterocycles. The number of amides is 2. The standard InChI is InChI=1S/C30H38N8O8S2/c1-27(2)21(24(40)38(27)46-48-43)35-23(39)20(17-12-47-26(32)34-17)37-45-28(3,25(41)42)19-8-6-15-11-16(5-7-18(15)44-19)22(31)36-30-10-4-9-29(33,13-30)14-30/h5,7,11-12,19,21,43H,4,6,8-10,13-14,33H2,1-3H3,(H2,31,36)(H2,32,34)(H,35,39)(H,41,42)/b37-20-. The lowest BCUT2D eigenvalue weighted by molar-refractivity contribution is -0.214. The molecule has 2 amide bonds. The summed E-state index contributed by atoms with van der Waals surface area (Å²) in [6.45, 7) is 4.53. The van der Waals surface area contributed by atoms with Crippen LogP contribution in [0.4, 0.5) is 5.13 Å². The SMILES string of the molecule is CC(O/N=C(\C(=O)NC1C(=O)N(OSO)C1(C)C)c1csc(N)n1)(C(=O)O)C1CCc2cc(C(N)=NC34CCCC(N)(C3)C4)ccc2O1. The van der Waals surface area contributed by atoms with Gasteiger partial charge in [-0.25, -0.2) is 9.78 Å². The Labute approximate surface area is 284 Å². The summed E-state index contributed by atoms with van der Waals surface area (Å²) < 4.78 is 20.0. The predicted octanol–water partition coefficient (Wildman–Crippen LogP) is 1.96. The number of nitrogens with two attached hydrogens (primary N) is 3. The normalized spacial score (nSPS) is 29.0. The monoisotopic (exact) mass is 702 g/mol. The number of carboxylic acids is 1. The fraction of sp³-hybridized carbons (Fsp3) is 0.533. The third-order valence-corrected chi connectivity index (χ3v) is 10.6. The number of rotatable bonds is 11. The lowest BCUT2D eigenvalue weighted by atomic mass is 9.55. The van der Waals surface area contributed by atoms with Gasteiger partial charge in [-0.3, -0.25) is 14.6 Å². The summed E-state index contributed by atoms with van der Waals surface area (Å²) >= 11 is 1.03. The van der Waals surface area contributed by atoms with E-state index in [1.807, 2.05) is 6.07 Å². The molecule has 2 aromatic rings. The fourth-order valence-electron chi connectivity index (χ4n) is 7.11. The minimum Gasteiger partial charge on any atom is -0.485 e. The van der Waals surface area contributed by atoms with E-state index in [-0.39, 0.29) is 40.6 Å². The molecule has 2 bridgehead atoms. The van der Waals surface area contributed by atoms with E-state index in [4.69, 9.17) is 40.6 Å². The number of hydrogen-bond acceptors (Lipinski definition) is 14. The van der Waals surface area contributed by atoms with Crippen molar-refractivity contribution < 1.29 is 37.9 Å². The Morgan fingerprint density at radius 1 is 1.29 bits per heavy atom. The Hall–Kier alpha value is -3.97. The molecular weight excluding hydrogens is 665 g/mol. The lowest BCUT2D eigenvalue weighted by Crippen LogP contribution is -2.76. The number of ether oxygens (including phenoxy) is 1. The molecule has 7 rings (SSSR count). The molecule has 3 saturated carbocycles. The number of anilines is 1. The second kappa shape index (κ2) is 12.2. The zero-order valence-electron chi connectivity index (χ0n) is 26.6. The summed E-state index contributed by atoms with van der Waals surface area (Å²) in [7, 11) is 0.